The van der Waals surface area contributed by atoms with Crippen molar-refractivity contribution in [1.82, 2.24) is 14.1 Å². The molecule has 1 aliphatic carbocycles. The van der Waals surface area contributed by atoms with E-state index in [2.05, 4.69) is 4.98 Å². The molecule has 32 heavy (non-hydrogen) atoms. The van der Waals surface area contributed by atoms with E-state index in [1.807, 2.05) is 4.57 Å². The fraction of sp³-hybridized carbons (Fsp3) is 0.333. The molecule has 1 aliphatic heterocycles. The van der Waals surface area contributed by atoms with E-state index < -0.39 is 11.7 Å². The van der Waals surface area contributed by atoms with Gasteiger partial charge in [-0.05, 0) is 55.9 Å². The van der Waals surface area contributed by atoms with Crippen LogP contribution in [0.3, 0.4) is 0 Å². The quantitative estimate of drug-likeness (QED) is 0.594. The normalized spacial score (nSPS) is 15.5. The number of carbonyl (C=O) groups is 2. The number of pyridine rings is 2. The predicted octanol–water partition coefficient (Wildman–Crippen LogP) is 3.05. The van der Waals surface area contributed by atoms with Crippen molar-refractivity contribution in [2.24, 2.45) is 7.05 Å². The van der Waals surface area contributed by atoms with E-state index in [0.717, 1.165) is 25.0 Å². The van der Waals surface area contributed by atoms with Crippen LogP contribution in [0.4, 0.5) is 10.2 Å². The number of aryl methyl sites for hydroxylation is 2. The Balaban J connectivity index is 1.62. The second-order valence-electron chi connectivity index (χ2n) is 8.44. The van der Waals surface area contributed by atoms with Crippen LogP contribution in [0.25, 0.3) is 11.1 Å². The van der Waals surface area contributed by atoms with Gasteiger partial charge in [0.15, 0.2) is 12.1 Å². The molecule has 1 amide bonds. The number of hydrogen-bond acceptors (Lipinski definition) is 4. The van der Waals surface area contributed by atoms with E-state index in [9.17, 15) is 14.4 Å². The van der Waals surface area contributed by atoms with Gasteiger partial charge >= 0.3 is 0 Å². The van der Waals surface area contributed by atoms with Crippen LogP contribution in [-0.2, 0) is 26.4 Å². The summed E-state index contributed by atoms with van der Waals surface area (Å²) in [6, 6.07) is 3.40. The second-order valence-corrected chi connectivity index (χ2v) is 8.44. The average molecular weight is 434 g/mol. The standard InChI is InChI=1S/C24H23FN4O3/c1-14-11-15(12-27(2)23(14)31)16-7-8-26-22(18(16)13-30)29-10-9-28-19-6-4-3-5-17(19)20(25)21(28)24(29)32/h7-8,11-13H,3-6,9-10H2,1-2H3. The van der Waals surface area contributed by atoms with Crippen LogP contribution in [0.1, 0.15) is 50.5 Å². The van der Waals surface area contributed by atoms with Crippen LogP contribution in [0.2, 0.25) is 0 Å². The third-order valence-corrected chi connectivity index (χ3v) is 6.52. The molecule has 4 heterocycles. The summed E-state index contributed by atoms with van der Waals surface area (Å²) < 4.78 is 18.5. The van der Waals surface area contributed by atoms with Crippen LogP contribution in [-0.4, -0.2) is 32.9 Å². The van der Waals surface area contributed by atoms with Gasteiger partial charge in [-0.15, -0.1) is 0 Å². The van der Waals surface area contributed by atoms with Gasteiger partial charge in [-0.1, -0.05) is 0 Å². The van der Waals surface area contributed by atoms with Gasteiger partial charge in [0.05, 0.1) is 5.56 Å². The molecular weight excluding hydrogens is 411 g/mol. The second kappa shape index (κ2) is 7.55. The van der Waals surface area contributed by atoms with Crippen LogP contribution in [0.5, 0.6) is 0 Å². The maximum Gasteiger partial charge on any atom is 0.279 e. The summed E-state index contributed by atoms with van der Waals surface area (Å²) >= 11 is 0. The predicted molar refractivity (Wildman–Crippen MR) is 118 cm³/mol. The first-order valence-electron chi connectivity index (χ1n) is 10.8. The molecule has 7 nitrogen and oxygen atoms in total. The molecule has 0 spiro atoms. The molecule has 8 heteroatoms. The minimum Gasteiger partial charge on any atom is -0.336 e. The lowest BCUT2D eigenvalue weighted by molar-refractivity contribution is 0.0959. The molecule has 0 saturated carbocycles. The first-order chi connectivity index (χ1) is 15.4. The van der Waals surface area contributed by atoms with Crippen LogP contribution in [0.15, 0.2) is 29.3 Å². The molecule has 5 rings (SSSR count). The molecule has 2 aliphatic rings. The number of hydrogen-bond donors (Lipinski definition) is 0. The summed E-state index contributed by atoms with van der Waals surface area (Å²) in [5.74, 6) is -0.710. The average Bonchev–Trinajstić information content (AvgIpc) is 3.10. The smallest absolute Gasteiger partial charge is 0.279 e. The van der Waals surface area contributed by atoms with Crippen molar-refractivity contribution in [2.75, 3.05) is 11.4 Å². The lowest BCUT2D eigenvalue weighted by Crippen LogP contribution is -2.42. The van der Waals surface area contributed by atoms with Crippen molar-refractivity contribution in [3.63, 3.8) is 0 Å². The van der Waals surface area contributed by atoms with Crippen molar-refractivity contribution >= 4 is 18.0 Å². The molecule has 0 radical (unpaired) electrons. The molecule has 0 saturated heterocycles. The van der Waals surface area contributed by atoms with Crippen LogP contribution >= 0.6 is 0 Å². The molecular formula is C24H23FN4O3. The summed E-state index contributed by atoms with van der Waals surface area (Å²) in [4.78, 5) is 43.4. The Hall–Kier alpha value is -3.55. The first-order valence-corrected chi connectivity index (χ1v) is 10.8. The van der Waals surface area contributed by atoms with E-state index in [1.165, 1.54) is 15.7 Å². The molecule has 164 valence electrons. The van der Waals surface area contributed by atoms with Gasteiger partial charge < -0.3 is 9.13 Å². The largest absolute Gasteiger partial charge is 0.336 e. The fourth-order valence-corrected chi connectivity index (χ4v) is 4.98. The fourth-order valence-electron chi connectivity index (χ4n) is 4.98. The maximum absolute atomic E-state index is 15.2. The van der Waals surface area contributed by atoms with Crippen molar-refractivity contribution in [3.05, 3.63) is 68.8 Å². The van der Waals surface area contributed by atoms with Crippen molar-refractivity contribution in [3.8, 4) is 11.1 Å². The Morgan fingerprint density at radius 1 is 1.16 bits per heavy atom. The number of amides is 1. The third kappa shape index (κ3) is 2.93. The molecule has 3 aromatic rings. The highest BCUT2D eigenvalue weighted by atomic mass is 19.1. The minimum atomic E-state index is -0.479. The molecule has 0 atom stereocenters. The van der Waals surface area contributed by atoms with Gasteiger partial charge in [0.25, 0.3) is 11.5 Å². The zero-order chi connectivity index (χ0) is 22.6. The molecule has 0 N–H and O–H groups in total. The van der Waals surface area contributed by atoms with Gasteiger partial charge in [0.2, 0.25) is 0 Å². The van der Waals surface area contributed by atoms with E-state index >= 15 is 4.39 Å². The highest BCUT2D eigenvalue weighted by molar-refractivity contribution is 6.09. The molecule has 0 aromatic carbocycles. The number of aromatic nitrogens is 3. The number of anilines is 1. The Labute approximate surface area is 184 Å². The minimum absolute atomic E-state index is 0.0603. The number of aldehydes is 1. The van der Waals surface area contributed by atoms with Gasteiger partial charge in [0.1, 0.15) is 11.5 Å². The summed E-state index contributed by atoms with van der Waals surface area (Å²) in [7, 11) is 1.65. The zero-order valence-electron chi connectivity index (χ0n) is 18.0. The van der Waals surface area contributed by atoms with E-state index in [4.69, 9.17) is 0 Å². The topological polar surface area (TPSA) is 77.2 Å². The Kier molecular flexibility index (Phi) is 4.80. The van der Waals surface area contributed by atoms with Crippen LogP contribution in [0, 0.1) is 12.7 Å². The number of rotatable bonds is 3. The molecule has 0 unspecified atom stereocenters. The van der Waals surface area contributed by atoms with Gasteiger partial charge in [-0.3, -0.25) is 19.3 Å². The number of fused-ring (bicyclic) bond motifs is 3. The first kappa shape index (κ1) is 20.4. The molecule has 3 aromatic heterocycles. The van der Waals surface area contributed by atoms with E-state index in [0.29, 0.717) is 48.1 Å². The Morgan fingerprint density at radius 2 is 1.94 bits per heavy atom. The SMILES string of the molecule is Cc1cc(-c2ccnc(N3CCn4c5c(c(F)c4C3=O)CCCC5)c2C=O)cn(C)c1=O. The van der Waals surface area contributed by atoms with E-state index in [-0.39, 0.29) is 22.6 Å². The maximum atomic E-state index is 15.2. The summed E-state index contributed by atoms with van der Waals surface area (Å²) in [6.45, 7) is 2.47. The lowest BCUT2D eigenvalue weighted by Gasteiger charge is -2.30. The van der Waals surface area contributed by atoms with Crippen LogP contribution < -0.4 is 10.5 Å². The zero-order valence-corrected chi connectivity index (χ0v) is 18.0. The van der Waals surface area contributed by atoms with Crippen molar-refractivity contribution in [1.29, 1.82) is 0 Å². The van der Waals surface area contributed by atoms with Crippen molar-refractivity contribution < 1.29 is 14.0 Å². The third-order valence-electron chi connectivity index (χ3n) is 6.52. The monoisotopic (exact) mass is 434 g/mol. The summed E-state index contributed by atoms with van der Waals surface area (Å²) in [6.07, 6.45) is 7.18. The highest BCUT2D eigenvalue weighted by Crippen LogP contribution is 2.35. The highest BCUT2D eigenvalue weighted by Gasteiger charge is 2.36. The lowest BCUT2D eigenvalue weighted by atomic mass is 9.97. The Morgan fingerprint density at radius 3 is 2.69 bits per heavy atom. The Bertz CT molecular complexity index is 1310. The van der Waals surface area contributed by atoms with Gasteiger partial charge in [0, 0.05) is 49.4 Å². The molecule has 0 bridgehead atoms. The molecule has 0 fully saturated rings. The van der Waals surface area contributed by atoms with Gasteiger partial charge in [-0.25, -0.2) is 9.37 Å². The number of halogens is 1. The van der Waals surface area contributed by atoms with E-state index in [1.54, 1.807) is 32.3 Å². The summed E-state index contributed by atoms with van der Waals surface area (Å²) in [5, 5.41) is 0. The summed E-state index contributed by atoms with van der Waals surface area (Å²) in [5.41, 5.74) is 3.53. The number of carbonyl (C=O) groups excluding carboxylic acids is 2. The van der Waals surface area contributed by atoms with Gasteiger partial charge in [-0.2, -0.15) is 0 Å². The number of nitrogens with zero attached hydrogens (tertiary/aromatic N) is 4. The van der Waals surface area contributed by atoms with Crippen molar-refractivity contribution in [2.45, 2.75) is 39.2 Å².